The van der Waals surface area contributed by atoms with Crippen molar-refractivity contribution in [2.24, 2.45) is 0 Å². The Morgan fingerprint density at radius 3 is 2.45 bits per heavy atom. The summed E-state index contributed by atoms with van der Waals surface area (Å²) in [6.07, 6.45) is -8.87. The van der Waals surface area contributed by atoms with Crippen molar-refractivity contribution in [2.45, 2.75) is 75.5 Å². The minimum atomic E-state index is -2.38. The highest BCUT2D eigenvalue weighted by atomic mass is 16.7. The molecule has 0 bridgehead atoms. The number of hydrogen-bond acceptors (Lipinski definition) is 15. The number of carbonyl (C=O) groups excluding carboxylic acids is 4. The number of nitrogens with zero attached hydrogens (tertiary/aromatic N) is 1. The van der Waals surface area contributed by atoms with Crippen LogP contribution in [-0.4, -0.2) is 97.8 Å². The second-order valence-corrected chi connectivity index (χ2v) is 13.1. The van der Waals surface area contributed by atoms with Gasteiger partial charge in [-0.05, 0) is 26.0 Å². The molecule has 53 heavy (non-hydrogen) atoms. The molecule has 17 heteroatoms. The Balaban J connectivity index is 1.32. The Labute approximate surface area is 300 Å². The molecule has 17 nitrogen and oxygen atoms in total. The molecule has 0 aromatic heterocycles. The molecular formula is C36H36N2O15. The van der Waals surface area contributed by atoms with E-state index in [1.807, 2.05) is 0 Å². The monoisotopic (exact) mass is 736 g/mol. The molecule has 6 rings (SSSR count). The first-order chi connectivity index (χ1) is 25.1. The first kappa shape index (κ1) is 37.3. The first-order valence-electron chi connectivity index (χ1n) is 16.5. The van der Waals surface area contributed by atoms with E-state index in [2.05, 4.69) is 5.32 Å². The molecule has 1 saturated heterocycles. The Morgan fingerprint density at radius 1 is 1.08 bits per heavy atom. The number of amides is 1. The molecule has 280 valence electrons. The lowest BCUT2D eigenvalue weighted by Crippen LogP contribution is -2.56. The molecule has 3 aromatic rings. The third-order valence-corrected chi connectivity index (χ3v) is 9.92. The molecule has 1 heterocycles. The quantitative estimate of drug-likeness (QED) is 0.0819. The summed E-state index contributed by atoms with van der Waals surface area (Å²) in [6.45, 7) is 1.79. The second-order valence-electron chi connectivity index (χ2n) is 13.1. The van der Waals surface area contributed by atoms with Gasteiger partial charge in [-0.25, -0.2) is 4.79 Å². The van der Waals surface area contributed by atoms with Crippen molar-refractivity contribution < 1.29 is 68.6 Å². The summed E-state index contributed by atoms with van der Waals surface area (Å²) < 4.78 is 22.7. The van der Waals surface area contributed by atoms with E-state index in [-0.39, 0.29) is 45.7 Å². The van der Waals surface area contributed by atoms with Crippen molar-refractivity contribution in [1.82, 2.24) is 5.32 Å². The number of aliphatic hydroxyl groups is 3. The average Bonchev–Trinajstić information content (AvgIpc) is 3.12. The number of ketones is 3. The van der Waals surface area contributed by atoms with Crippen molar-refractivity contribution in [3.63, 3.8) is 0 Å². The van der Waals surface area contributed by atoms with Gasteiger partial charge in [0.15, 0.2) is 17.9 Å². The topological polar surface area (TPSA) is 262 Å². The summed E-state index contributed by atoms with van der Waals surface area (Å²) >= 11 is 0. The van der Waals surface area contributed by atoms with Crippen LogP contribution in [0.5, 0.6) is 17.2 Å². The number of nitro groups is 1. The van der Waals surface area contributed by atoms with E-state index in [1.165, 1.54) is 57.4 Å². The van der Waals surface area contributed by atoms with Gasteiger partial charge in [0.1, 0.15) is 41.7 Å². The number of nitrogens with one attached hydrogen (secondary N) is 1. The van der Waals surface area contributed by atoms with Crippen LogP contribution >= 0.6 is 0 Å². The van der Waals surface area contributed by atoms with Gasteiger partial charge in [0.25, 0.3) is 5.69 Å². The van der Waals surface area contributed by atoms with Crippen LogP contribution in [0.25, 0.3) is 0 Å². The Bertz CT molecular complexity index is 2030. The van der Waals surface area contributed by atoms with Gasteiger partial charge in [-0.15, -0.1) is 0 Å². The normalized spacial score (nSPS) is 25.4. The number of carbonyl (C=O) groups is 4. The summed E-state index contributed by atoms with van der Waals surface area (Å²) in [6, 6.07) is 8.84. The number of nitro benzene ring substituents is 1. The van der Waals surface area contributed by atoms with Crippen molar-refractivity contribution >= 4 is 29.1 Å². The van der Waals surface area contributed by atoms with Crippen molar-refractivity contribution in [1.29, 1.82) is 0 Å². The molecule has 0 saturated carbocycles. The largest absolute Gasteiger partial charge is 0.507 e. The maximum Gasteiger partial charge on any atom is 0.408 e. The first-order valence-corrected chi connectivity index (χ1v) is 16.5. The third kappa shape index (κ3) is 6.46. The van der Waals surface area contributed by atoms with E-state index in [1.54, 1.807) is 6.07 Å². The zero-order chi connectivity index (χ0) is 38.5. The van der Waals surface area contributed by atoms with Gasteiger partial charge in [-0.3, -0.25) is 24.5 Å². The van der Waals surface area contributed by atoms with E-state index in [4.69, 9.17) is 18.9 Å². The smallest absolute Gasteiger partial charge is 0.408 e. The van der Waals surface area contributed by atoms with Gasteiger partial charge in [0, 0.05) is 42.0 Å². The number of alkyl carbamates (subject to hydrolysis) is 1. The summed E-state index contributed by atoms with van der Waals surface area (Å²) in [5.74, 6) is -4.26. The number of Topliss-reactive ketones (excluding diaryl/α,β-unsaturated/α-hetero) is 1. The predicted octanol–water partition coefficient (Wildman–Crippen LogP) is 2.44. The van der Waals surface area contributed by atoms with Crippen molar-refractivity contribution in [3.05, 3.63) is 91.5 Å². The zero-order valence-corrected chi connectivity index (χ0v) is 28.6. The van der Waals surface area contributed by atoms with Crippen molar-refractivity contribution in [2.75, 3.05) is 13.7 Å². The standard InChI is InChI=1S/C36H36N2O15/c1-15(17-7-4-5-9-21(17)38(48)49)52-35(46)37-20-11-25(51-16(2)30(20)41)53-23-13-36(47,24(40)14-39)12-19-27(23)34(45)29-28(32(19)43)31(42)18-8-6-10-22(50-3)26(18)33(29)44/h4-10,15-16,20,23,25,30,39,41,43,45,47H,11-14H2,1-3H3,(H,37,46)/t15?,16?,20?,23-,25?,30?,36-/m0/s1. The fourth-order valence-electron chi connectivity index (χ4n) is 7.27. The highest BCUT2D eigenvalue weighted by Gasteiger charge is 2.50. The lowest BCUT2D eigenvalue weighted by atomic mass is 9.72. The molecule has 0 spiro atoms. The number of phenolic OH excluding ortho intramolecular Hbond substituents is 2. The number of aromatic hydroxyl groups is 2. The molecule has 3 aliphatic rings. The summed E-state index contributed by atoms with van der Waals surface area (Å²) in [7, 11) is 1.29. The summed E-state index contributed by atoms with van der Waals surface area (Å²) in [5, 5.41) is 69.4. The van der Waals surface area contributed by atoms with Crippen LogP contribution in [0.2, 0.25) is 0 Å². The molecule has 3 aromatic carbocycles. The summed E-state index contributed by atoms with van der Waals surface area (Å²) in [4.78, 5) is 64.3. The average molecular weight is 737 g/mol. The van der Waals surface area contributed by atoms with Crippen LogP contribution in [0.4, 0.5) is 10.5 Å². The maximum atomic E-state index is 13.9. The number of ether oxygens (including phenoxy) is 4. The maximum absolute atomic E-state index is 13.9. The molecule has 7 atom stereocenters. The van der Waals surface area contributed by atoms with E-state index in [9.17, 15) is 54.8 Å². The SMILES string of the molecule is COc1cccc2c1C(=O)c1c(O)c3c(c(O)c1C2=O)C[C@@](O)(C(=O)CO)C[C@@H]3OC1CC(NC(=O)OC(C)c2ccccc2[N+](=O)[O-])C(O)C(C)O1. The van der Waals surface area contributed by atoms with Crippen LogP contribution in [0, 0.1) is 10.1 Å². The molecule has 5 unspecified atom stereocenters. The molecule has 1 aliphatic heterocycles. The van der Waals surface area contributed by atoms with Crippen LogP contribution in [0.1, 0.15) is 87.4 Å². The van der Waals surface area contributed by atoms with Gasteiger partial charge < -0.3 is 49.8 Å². The fourth-order valence-corrected chi connectivity index (χ4v) is 7.27. The number of hydrogen-bond donors (Lipinski definition) is 6. The highest BCUT2D eigenvalue weighted by Crippen LogP contribution is 2.52. The van der Waals surface area contributed by atoms with Crippen LogP contribution in [-0.2, 0) is 25.4 Å². The molecule has 6 N–H and O–H groups in total. The van der Waals surface area contributed by atoms with E-state index in [0.29, 0.717) is 0 Å². The minimum Gasteiger partial charge on any atom is -0.507 e. The van der Waals surface area contributed by atoms with E-state index >= 15 is 0 Å². The number of rotatable bonds is 9. The van der Waals surface area contributed by atoms with Crippen LogP contribution in [0.3, 0.4) is 0 Å². The van der Waals surface area contributed by atoms with Gasteiger partial charge >= 0.3 is 6.09 Å². The number of aliphatic hydroxyl groups excluding tert-OH is 2. The lowest BCUT2D eigenvalue weighted by Gasteiger charge is -2.42. The van der Waals surface area contributed by atoms with Gasteiger partial charge in [-0.1, -0.05) is 24.3 Å². The summed E-state index contributed by atoms with van der Waals surface area (Å²) in [5.41, 5.74) is -4.43. The Morgan fingerprint density at radius 2 is 1.77 bits per heavy atom. The Kier molecular flexibility index (Phi) is 9.97. The highest BCUT2D eigenvalue weighted by molar-refractivity contribution is 6.31. The third-order valence-electron chi connectivity index (χ3n) is 9.92. The van der Waals surface area contributed by atoms with Gasteiger partial charge in [-0.2, -0.15) is 0 Å². The zero-order valence-electron chi connectivity index (χ0n) is 28.6. The van der Waals surface area contributed by atoms with Crippen molar-refractivity contribution in [3.8, 4) is 17.2 Å². The molecule has 1 amide bonds. The number of para-hydroxylation sites is 1. The van der Waals surface area contributed by atoms with E-state index in [0.717, 1.165) is 0 Å². The molecule has 0 radical (unpaired) electrons. The molecule has 1 fully saturated rings. The Hall–Kier alpha value is -5.46. The second kappa shape index (κ2) is 14.2. The predicted molar refractivity (Wildman–Crippen MR) is 179 cm³/mol. The molecule has 2 aliphatic carbocycles. The molecular weight excluding hydrogens is 700 g/mol. The number of fused-ring (bicyclic) bond motifs is 3. The van der Waals surface area contributed by atoms with Crippen LogP contribution < -0.4 is 10.1 Å². The van der Waals surface area contributed by atoms with E-state index < -0.39 is 113 Å². The number of phenols is 2. The lowest BCUT2D eigenvalue weighted by molar-refractivity contribution is -0.386. The number of methoxy groups -OCH3 is 1. The fraction of sp³-hybridized carbons (Fsp3) is 0.389. The van der Waals surface area contributed by atoms with Gasteiger partial charge in [0.05, 0.1) is 52.5 Å². The minimum absolute atomic E-state index is 0.0374. The van der Waals surface area contributed by atoms with Gasteiger partial charge in [0.2, 0.25) is 5.78 Å². The van der Waals surface area contributed by atoms with Crippen LogP contribution in [0.15, 0.2) is 42.5 Å². The number of benzene rings is 3.